The second kappa shape index (κ2) is 4.93. The van der Waals surface area contributed by atoms with Gasteiger partial charge in [0.05, 0.1) is 5.92 Å². The van der Waals surface area contributed by atoms with E-state index in [0.717, 1.165) is 0 Å². The molecule has 0 aromatic rings. The van der Waals surface area contributed by atoms with Gasteiger partial charge in [-0.1, -0.05) is 13.8 Å². The topological polar surface area (TPSA) is 29.1 Å². The fourth-order valence-electron chi connectivity index (χ4n) is 1.01. The average molecular weight is 193 g/mol. The highest BCUT2D eigenvalue weighted by Crippen LogP contribution is 2.18. The van der Waals surface area contributed by atoms with Crippen LogP contribution in [-0.4, -0.2) is 23.5 Å². The number of hydrogen-bond acceptors (Lipinski definition) is 3. The van der Waals surface area contributed by atoms with Gasteiger partial charge in [-0.3, -0.25) is 4.79 Å². The molecule has 0 aliphatic rings. The molecule has 11 heavy (non-hydrogen) atoms. The molecule has 0 bridgehead atoms. The van der Waals surface area contributed by atoms with Crippen molar-refractivity contribution >= 4 is 31.2 Å². The monoisotopic (exact) mass is 193 g/mol. The molecule has 2 nitrogen and oxygen atoms in total. The van der Waals surface area contributed by atoms with Crippen molar-refractivity contribution in [2.75, 3.05) is 7.05 Å². The van der Waals surface area contributed by atoms with Crippen LogP contribution >= 0.6 is 25.3 Å². The maximum atomic E-state index is 11.2. The zero-order valence-electron chi connectivity index (χ0n) is 7.03. The van der Waals surface area contributed by atoms with E-state index in [1.807, 2.05) is 13.8 Å². The van der Waals surface area contributed by atoms with Crippen LogP contribution in [-0.2, 0) is 4.79 Å². The molecule has 0 radical (unpaired) electrons. The first kappa shape index (κ1) is 11.2. The molecule has 1 N–H and O–H groups in total. The lowest BCUT2D eigenvalue weighted by molar-refractivity contribution is -0.124. The van der Waals surface area contributed by atoms with Gasteiger partial charge in [0.2, 0.25) is 5.91 Å². The van der Waals surface area contributed by atoms with Crippen molar-refractivity contribution in [1.82, 2.24) is 5.32 Å². The lowest BCUT2D eigenvalue weighted by atomic mass is 10.0. The maximum absolute atomic E-state index is 11.2. The fourth-order valence-corrected chi connectivity index (χ4v) is 1.93. The summed E-state index contributed by atoms with van der Waals surface area (Å²) in [6.07, 6.45) is 0. The Morgan fingerprint density at radius 3 is 1.73 bits per heavy atom. The summed E-state index contributed by atoms with van der Waals surface area (Å²) in [5, 5.41) is 2.68. The van der Waals surface area contributed by atoms with Crippen LogP contribution in [0.1, 0.15) is 13.8 Å². The van der Waals surface area contributed by atoms with Crippen LogP contribution in [0, 0.1) is 5.92 Å². The zero-order chi connectivity index (χ0) is 9.02. The number of amides is 1. The summed E-state index contributed by atoms with van der Waals surface area (Å²) < 4.78 is 0. The van der Waals surface area contributed by atoms with Gasteiger partial charge >= 0.3 is 0 Å². The molecule has 0 rings (SSSR count). The molecule has 66 valence electrons. The Balaban J connectivity index is 4.22. The molecule has 0 aromatic heterocycles. The van der Waals surface area contributed by atoms with Gasteiger partial charge in [0.15, 0.2) is 0 Å². The minimum Gasteiger partial charge on any atom is -0.359 e. The fraction of sp³-hybridized carbons (Fsp3) is 0.857. The van der Waals surface area contributed by atoms with Crippen molar-refractivity contribution < 1.29 is 4.79 Å². The van der Waals surface area contributed by atoms with Gasteiger partial charge in [0.1, 0.15) is 0 Å². The first-order valence-electron chi connectivity index (χ1n) is 3.58. The summed E-state index contributed by atoms with van der Waals surface area (Å²) in [4.78, 5) is 11.2. The summed E-state index contributed by atoms with van der Waals surface area (Å²) >= 11 is 8.43. The second-order valence-electron chi connectivity index (χ2n) is 2.62. The van der Waals surface area contributed by atoms with Crippen molar-refractivity contribution in [2.24, 2.45) is 5.92 Å². The molecule has 2 atom stereocenters. The Bertz CT molecular complexity index is 128. The summed E-state index contributed by atoms with van der Waals surface area (Å²) in [5.41, 5.74) is 0. The van der Waals surface area contributed by atoms with E-state index >= 15 is 0 Å². The Morgan fingerprint density at radius 1 is 1.27 bits per heavy atom. The molecule has 0 fully saturated rings. The minimum absolute atomic E-state index is 0.00926. The maximum Gasteiger partial charge on any atom is 0.225 e. The molecular weight excluding hydrogens is 178 g/mol. The van der Waals surface area contributed by atoms with E-state index in [9.17, 15) is 4.79 Å². The van der Waals surface area contributed by atoms with Gasteiger partial charge in [-0.2, -0.15) is 25.3 Å². The number of nitrogens with one attached hydrogen (secondary N) is 1. The second-order valence-corrected chi connectivity index (χ2v) is 4.25. The molecule has 0 saturated carbocycles. The third-order valence-electron chi connectivity index (χ3n) is 1.59. The van der Waals surface area contributed by atoms with Gasteiger partial charge in [0, 0.05) is 17.5 Å². The highest BCUT2D eigenvalue weighted by molar-refractivity contribution is 7.82. The number of thiol groups is 2. The summed E-state index contributed by atoms with van der Waals surface area (Å²) in [6, 6.07) is 0. The Hall–Kier alpha value is 0.170. The first-order chi connectivity index (χ1) is 5.00. The van der Waals surface area contributed by atoms with E-state index in [1.165, 1.54) is 0 Å². The van der Waals surface area contributed by atoms with Crippen LogP contribution in [0.2, 0.25) is 0 Å². The standard InChI is InChI=1S/C7H15NOS2/c1-4(10)6(5(2)11)7(9)8-3/h4-6,10-11H,1-3H3,(H,8,9). The average Bonchev–Trinajstić information content (AvgIpc) is 1.85. The minimum atomic E-state index is -0.119. The molecule has 0 heterocycles. The van der Waals surface area contributed by atoms with Gasteiger partial charge in [-0.15, -0.1) is 0 Å². The quantitative estimate of drug-likeness (QED) is 0.573. The van der Waals surface area contributed by atoms with Gasteiger partial charge < -0.3 is 5.32 Å². The predicted octanol–water partition coefficient (Wildman–Crippen LogP) is 0.985. The van der Waals surface area contributed by atoms with E-state index in [0.29, 0.717) is 0 Å². The van der Waals surface area contributed by atoms with Crippen LogP contribution in [0.25, 0.3) is 0 Å². The van der Waals surface area contributed by atoms with Crippen LogP contribution in [0.5, 0.6) is 0 Å². The molecule has 0 saturated heterocycles. The van der Waals surface area contributed by atoms with Gasteiger partial charge in [0.25, 0.3) is 0 Å². The molecule has 4 heteroatoms. The van der Waals surface area contributed by atoms with Crippen molar-refractivity contribution in [3.63, 3.8) is 0 Å². The molecule has 0 aromatic carbocycles. The lowest BCUT2D eigenvalue weighted by Crippen LogP contribution is -2.37. The predicted molar refractivity (Wildman–Crippen MR) is 54.5 cm³/mol. The number of carbonyl (C=O) groups excluding carboxylic acids is 1. The SMILES string of the molecule is CNC(=O)C(C(C)S)C(C)S. The molecule has 2 unspecified atom stereocenters. The highest BCUT2D eigenvalue weighted by atomic mass is 32.1. The molecule has 0 aliphatic carbocycles. The number of carbonyl (C=O) groups is 1. The molecule has 0 aliphatic heterocycles. The van der Waals surface area contributed by atoms with E-state index in [4.69, 9.17) is 0 Å². The van der Waals surface area contributed by atoms with Gasteiger partial charge in [-0.05, 0) is 0 Å². The van der Waals surface area contributed by atoms with Crippen molar-refractivity contribution in [3.05, 3.63) is 0 Å². The van der Waals surface area contributed by atoms with Crippen LogP contribution in [0.15, 0.2) is 0 Å². The third kappa shape index (κ3) is 3.38. The first-order valence-corrected chi connectivity index (χ1v) is 4.61. The van der Waals surface area contributed by atoms with E-state index in [-0.39, 0.29) is 22.3 Å². The lowest BCUT2D eigenvalue weighted by Gasteiger charge is -2.21. The number of hydrogen-bond donors (Lipinski definition) is 3. The molecule has 0 spiro atoms. The largest absolute Gasteiger partial charge is 0.359 e. The Labute approximate surface area is 79.0 Å². The van der Waals surface area contributed by atoms with Crippen LogP contribution < -0.4 is 5.32 Å². The van der Waals surface area contributed by atoms with E-state index in [1.54, 1.807) is 7.05 Å². The normalized spacial score (nSPS) is 18.6. The summed E-state index contributed by atoms with van der Waals surface area (Å²) in [6.45, 7) is 3.80. The van der Waals surface area contributed by atoms with Crippen molar-refractivity contribution in [2.45, 2.75) is 24.3 Å². The third-order valence-corrected chi connectivity index (χ3v) is 2.23. The summed E-state index contributed by atoms with van der Waals surface area (Å²) in [5.74, 6) is -0.110. The zero-order valence-corrected chi connectivity index (χ0v) is 8.82. The highest BCUT2D eigenvalue weighted by Gasteiger charge is 2.25. The van der Waals surface area contributed by atoms with Crippen molar-refractivity contribution in [3.8, 4) is 0 Å². The van der Waals surface area contributed by atoms with E-state index in [2.05, 4.69) is 30.6 Å². The van der Waals surface area contributed by atoms with Crippen LogP contribution in [0.3, 0.4) is 0 Å². The molecule has 1 amide bonds. The van der Waals surface area contributed by atoms with Crippen LogP contribution in [0.4, 0.5) is 0 Å². The van der Waals surface area contributed by atoms with Gasteiger partial charge in [-0.25, -0.2) is 0 Å². The van der Waals surface area contributed by atoms with Crippen molar-refractivity contribution in [1.29, 1.82) is 0 Å². The number of rotatable bonds is 3. The van der Waals surface area contributed by atoms with E-state index < -0.39 is 0 Å². The molecular formula is C7H15NOS2. The Kier molecular flexibility index (Phi) is 5.01. The smallest absolute Gasteiger partial charge is 0.225 e. The Morgan fingerprint density at radius 2 is 1.64 bits per heavy atom. The summed E-state index contributed by atoms with van der Waals surface area (Å²) in [7, 11) is 1.63.